The Morgan fingerprint density at radius 1 is 1.03 bits per heavy atom. The van der Waals surface area contributed by atoms with Gasteiger partial charge < -0.3 is 19.3 Å². The van der Waals surface area contributed by atoms with Crippen LogP contribution in [-0.4, -0.2) is 33.5 Å². The number of benzene rings is 3. The number of halogens is 4. The number of nitrogens with zero attached hydrogens (tertiary/aromatic N) is 2. The molecule has 3 aromatic carbocycles. The molecular weight excluding hydrogens is 509 g/mol. The molecule has 3 rings (SSSR count). The first-order chi connectivity index (χ1) is 16.2. The number of carbonyl (C=O) groups is 1. The number of methoxy groups -OCH3 is 1. The third kappa shape index (κ3) is 5.73. The van der Waals surface area contributed by atoms with Crippen molar-refractivity contribution in [3.63, 3.8) is 0 Å². The molecule has 0 aliphatic carbocycles. The van der Waals surface area contributed by atoms with Gasteiger partial charge in [-0.2, -0.15) is 13.2 Å². The maximum Gasteiger partial charge on any atom is 0.416 e. The minimum absolute atomic E-state index is 0.272. The van der Waals surface area contributed by atoms with E-state index in [-0.39, 0.29) is 6.54 Å². The number of aldehydes is 1. The van der Waals surface area contributed by atoms with E-state index in [1.807, 2.05) is 54.3 Å². The zero-order valence-corrected chi connectivity index (χ0v) is 20.7. The summed E-state index contributed by atoms with van der Waals surface area (Å²) in [4.78, 5) is 15.8. The SMILES string of the molecule is CCN(CC(C=O)c1cc(Br)ccc1OC)c1ccc(C(F)(F)F)cc1N(C)c1ccccc1. The average molecular weight is 535 g/mol. The van der Waals surface area contributed by atoms with Gasteiger partial charge in [0.05, 0.1) is 30.0 Å². The van der Waals surface area contributed by atoms with Crippen molar-refractivity contribution in [2.75, 3.05) is 37.0 Å². The normalized spacial score (nSPS) is 12.2. The van der Waals surface area contributed by atoms with Crippen LogP contribution in [0.25, 0.3) is 0 Å². The lowest BCUT2D eigenvalue weighted by Gasteiger charge is -2.32. The van der Waals surface area contributed by atoms with Gasteiger partial charge >= 0.3 is 6.18 Å². The van der Waals surface area contributed by atoms with E-state index in [1.54, 1.807) is 18.0 Å². The van der Waals surface area contributed by atoms with Crippen molar-refractivity contribution in [3.05, 3.63) is 82.3 Å². The van der Waals surface area contributed by atoms with Gasteiger partial charge in [-0.15, -0.1) is 0 Å². The Morgan fingerprint density at radius 2 is 1.74 bits per heavy atom. The van der Waals surface area contributed by atoms with Gasteiger partial charge in [-0.1, -0.05) is 34.1 Å². The third-order valence-electron chi connectivity index (χ3n) is 5.70. The van der Waals surface area contributed by atoms with Gasteiger partial charge in [0.25, 0.3) is 0 Å². The molecule has 0 bridgehead atoms. The summed E-state index contributed by atoms with van der Waals surface area (Å²) in [7, 11) is 3.27. The molecule has 0 amide bonds. The number of rotatable bonds is 9. The van der Waals surface area contributed by atoms with Crippen molar-refractivity contribution in [2.24, 2.45) is 0 Å². The molecule has 0 spiro atoms. The van der Waals surface area contributed by atoms with Crippen LogP contribution in [0.1, 0.15) is 24.0 Å². The number of anilines is 3. The van der Waals surface area contributed by atoms with Crippen LogP contribution in [0.2, 0.25) is 0 Å². The Morgan fingerprint density at radius 3 is 2.32 bits per heavy atom. The van der Waals surface area contributed by atoms with Gasteiger partial charge in [0.1, 0.15) is 12.0 Å². The lowest BCUT2D eigenvalue weighted by atomic mass is 9.98. The molecule has 4 nitrogen and oxygen atoms in total. The first-order valence-corrected chi connectivity index (χ1v) is 11.5. The smallest absolute Gasteiger partial charge is 0.416 e. The van der Waals surface area contributed by atoms with Crippen LogP contribution in [0.5, 0.6) is 5.75 Å². The standard InChI is InChI=1S/C26H26BrF3N2O2/c1-4-32(16-18(17-33)22-15-20(27)11-13-25(22)34-3)23-12-10-19(26(28,29)30)14-24(23)31(2)21-8-6-5-7-9-21/h5-15,17-18H,4,16H2,1-3H3. The number of hydrogen-bond donors (Lipinski definition) is 0. The predicted octanol–water partition coefficient (Wildman–Crippen LogP) is 7.05. The molecular formula is C26H26BrF3N2O2. The zero-order valence-electron chi connectivity index (χ0n) is 19.1. The first-order valence-electron chi connectivity index (χ1n) is 10.7. The second-order valence-electron chi connectivity index (χ2n) is 7.76. The number of alkyl halides is 3. The van der Waals surface area contributed by atoms with Crippen molar-refractivity contribution >= 4 is 39.3 Å². The fraction of sp³-hybridized carbons (Fsp3) is 0.269. The number of ether oxygens (including phenoxy) is 1. The second-order valence-corrected chi connectivity index (χ2v) is 8.68. The minimum atomic E-state index is -4.48. The van der Waals surface area contributed by atoms with Gasteiger partial charge in [-0.25, -0.2) is 0 Å². The van der Waals surface area contributed by atoms with E-state index < -0.39 is 17.7 Å². The first kappa shape index (κ1) is 25.6. The van der Waals surface area contributed by atoms with Crippen LogP contribution >= 0.6 is 15.9 Å². The lowest BCUT2D eigenvalue weighted by Crippen LogP contribution is -2.31. The molecule has 0 aliphatic rings. The van der Waals surface area contributed by atoms with E-state index in [2.05, 4.69) is 15.9 Å². The molecule has 34 heavy (non-hydrogen) atoms. The molecule has 0 saturated carbocycles. The van der Waals surface area contributed by atoms with Crippen molar-refractivity contribution in [1.29, 1.82) is 0 Å². The highest BCUT2D eigenvalue weighted by molar-refractivity contribution is 9.10. The molecule has 3 aromatic rings. The maximum atomic E-state index is 13.6. The van der Waals surface area contributed by atoms with Gasteiger partial charge in [0.15, 0.2) is 0 Å². The van der Waals surface area contributed by atoms with E-state index in [1.165, 1.54) is 13.2 Å². The summed E-state index contributed by atoms with van der Waals surface area (Å²) in [6, 6.07) is 18.3. The Kier molecular flexibility index (Phi) is 8.25. The topological polar surface area (TPSA) is 32.8 Å². The molecule has 1 atom stereocenters. The summed E-state index contributed by atoms with van der Waals surface area (Å²) in [5, 5.41) is 0. The molecule has 0 aliphatic heterocycles. The van der Waals surface area contributed by atoms with E-state index >= 15 is 0 Å². The van der Waals surface area contributed by atoms with E-state index in [9.17, 15) is 18.0 Å². The fourth-order valence-corrected chi connectivity index (χ4v) is 4.25. The number of para-hydroxylation sites is 1. The predicted molar refractivity (Wildman–Crippen MR) is 133 cm³/mol. The summed E-state index contributed by atoms with van der Waals surface area (Å²) in [5.74, 6) is 0.0231. The highest BCUT2D eigenvalue weighted by atomic mass is 79.9. The largest absolute Gasteiger partial charge is 0.496 e. The Balaban J connectivity index is 2.07. The molecule has 0 heterocycles. The van der Waals surface area contributed by atoms with E-state index in [0.717, 1.165) is 28.6 Å². The summed E-state index contributed by atoms with van der Waals surface area (Å²) in [6.07, 6.45) is -3.63. The van der Waals surface area contributed by atoms with Crippen LogP contribution in [0.15, 0.2) is 71.2 Å². The molecule has 8 heteroatoms. The van der Waals surface area contributed by atoms with Crippen LogP contribution in [0, 0.1) is 0 Å². The number of likely N-dealkylation sites (N-methyl/N-ethyl adjacent to an activating group) is 1. The minimum Gasteiger partial charge on any atom is -0.496 e. The van der Waals surface area contributed by atoms with Crippen molar-refractivity contribution in [2.45, 2.75) is 19.0 Å². The van der Waals surface area contributed by atoms with E-state index in [4.69, 9.17) is 4.74 Å². The monoisotopic (exact) mass is 534 g/mol. The molecule has 1 unspecified atom stereocenters. The molecule has 0 fully saturated rings. The summed E-state index contributed by atoms with van der Waals surface area (Å²) in [5.41, 5.74) is 1.72. The van der Waals surface area contributed by atoms with Crippen molar-refractivity contribution in [3.8, 4) is 5.75 Å². The van der Waals surface area contributed by atoms with Crippen LogP contribution in [0.4, 0.5) is 30.2 Å². The average Bonchev–Trinajstić information content (AvgIpc) is 2.84. The molecule has 0 aromatic heterocycles. The summed E-state index contributed by atoms with van der Waals surface area (Å²) < 4.78 is 46.9. The second kappa shape index (κ2) is 11.0. The zero-order chi connectivity index (χ0) is 24.9. The molecule has 0 N–H and O–H groups in total. The molecule has 0 saturated heterocycles. The quantitative estimate of drug-likeness (QED) is 0.275. The number of carbonyl (C=O) groups excluding carboxylic acids is 1. The Hall–Kier alpha value is -3.00. The maximum absolute atomic E-state index is 13.6. The van der Waals surface area contributed by atoms with Crippen LogP contribution < -0.4 is 14.5 Å². The third-order valence-corrected chi connectivity index (χ3v) is 6.20. The van der Waals surface area contributed by atoms with Crippen molar-refractivity contribution in [1.82, 2.24) is 0 Å². The summed E-state index contributed by atoms with van der Waals surface area (Å²) in [6.45, 7) is 2.67. The highest BCUT2D eigenvalue weighted by Gasteiger charge is 2.32. The Labute approximate surface area is 206 Å². The van der Waals surface area contributed by atoms with Gasteiger partial charge in [-0.3, -0.25) is 0 Å². The molecule has 180 valence electrons. The molecule has 0 radical (unpaired) electrons. The van der Waals surface area contributed by atoms with Gasteiger partial charge in [0.2, 0.25) is 0 Å². The number of hydrogen-bond acceptors (Lipinski definition) is 4. The van der Waals surface area contributed by atoms with Gasteiger partial charge in [0, 0.05) is 35.9 Å². The summed E-state index contributed by atoms with van der Waals surface area (Å²) >= 11 is 3.44. The van der Waals surface area contributed by atoms with Crippen LogP contribution in [0.3, 0.4) is 0 Å². The highest BCUT2D eigenvalue weighted by Crippen LogP contribution is 2.40. The Bertz CT molecular complexity index is 1120. The van der Waals surface area contributed by atoms with Crippen LogP contribution in [-0.2, 0) is 11.0 Å². The fourth-order valence-electron chi connectivity index (χ4n) is 3.87. The lowest BCUT2D eigenvalue weighted by molar-refractivity contribution is -0.137. The van der Waals surface area contributed by atoms with Crippen molar-refractivity contribution < 1.29 is 22.7 Å². The van der Waals surface area contributed by atoms with Gasteiger partial charge in [-0.05, 0) is 55.5 Å². The van der Waals surface area contributed by atoms with E-state index in [0.29, 0.717) is 29.2 Å².